The van der Waals surface area contributed by atoms with Crippen molar-refractivity contribution >= 4 is 11.6 Å². The van der Waals surface area contributed by atoms with Gasteiger partial charge in [0.15, 0.2) is 11.6 Å². The van der Waals surface area contributed by atoms with E-state index in [4.69, 9.17) is 5.73 Å². The molecule has 2 aromatic carbocycles. The van der Waals surface area contributed by atoms with Gasteiger partial charge in [0.25, 0.3) is 0 Å². The molecule has 1 aliphatic carbocycles. The summed E-state index contributed by atoms with van der Waals surface area (Å²) in [5.74, 6) is 6.80. The van der Waals surface area contributed by atoms with E-state index in [1.54, 1.807) is 6.20 Å². The van der Waals surface area contributed by atoms with Gasteiger partial charge in [0.05, 0.1) is 12.8 Å². The summed E-state index contributed by atoms with van der Waals surface area (Å²) in [6, 6.07) is 17.8. The highest BCUT2D eigenvalue weighted by Gasteiger charge is 2.46. The molecule has 0 bridgehead atoms. The number of anilines is 1. The van der Waals surface area contributed by atoms with Crippen LogP contribution in [0.5, 0.6) is 0 Å². The number of benzene rings is 2. The van der Waals surface area contributed by atoms with Crippen molar-refractivity contribution in [2.45, 2.75) is 44.8 Å². The normalized spacial score (nSPS) is 18.1. The maximum Gasteiger partial charge on any atom is 0.163 e. The molecule has 0 saturated carbocycles. The van der Waals surface area contributed by atoms with Gasteiger partial charge in [-0.05, 0) is 41.7 Å². The minimum Gasteiger partial charge on any atom is -0.390 e. The van der Waals surface area contributed by atoms with Crippen LogP contribution in [0.15, 0.2) is 60.8 Å². The standard InChI is InChI=1S/C29H30N4O2/c30-27-24-12-6-4-10-22(24)18-29(27)14-16-33(17-15-29)28-25(20-34)32-23(19-31-28)11-5-7-13-26(35)21-8-2-1-3-9-21/h1-4,6,8-10,12,19,27,34H,7,13-18,20,30H2/t27-/m1/s1. The summed E-state index contributed by atoms with van der Waals surface area (Å²) in [4.78, 5) is 23.6. The van der Waals surface area contributed by atoms with Gasteiger partial charge in [-0.2, -0.15) is 0 Å². The molecule has 5 rings (SSSR count). The van der Waals surface area contributed by atoms with E-state index >= 15 is 0 Å². The molecule has 2 heterocycles. The van der Waals surface area contributed by atoms with E-state index in [0.717, 1.165) is 38.2 Å². The van der Waals surface area contributed by atoms with Gasteiger partial charge in [0.2, 0.25) is 0 Å². The Morgan fingerprint density at radius 3 is 2.60 bits per heavy atom. The zero-order valence-corrected chi connectivity index (χ0v) is 19.8. The Kier molecular flexibility index (Phi) is 6.63. The number of nitrogens with zero attached hydrogens (tertiary/aromatic N) is 3. The van der Waals surface area contributed by atoms with Gasteiger partial charge in [-0.15, -0.1) is 0 Å². The van der Waals surface area contributed by atoms with Gasteiger partial charge in [-0.25, -0.2) is 9.97 Å². The van der Waals surface area contributed by atoms with Crippen LogP contribution in [0.4, 0.5) is 5.82 Å². The van der Waals surface area contributed by atoms with E-state index in [1.165, 1.54) is 11.1 Å². The molecule has 1 saturated heterocycles. The van der Waals surface area contributed by atoms with Crippen molar-refractivity contribution in [2.24, 2.45) is 11.1 Å². The van der Waals surface area contributed by atoms with Crippen LogP contribution in [0.25, 0.3) is 0 Å². The number of aliphatic hydroxyl groups is 1. The fourth-order valence-corrected chi connectivity index (χ4v) is 5.42. The average Bonchev–Trinajstić information content (AvgIpc) is 3.18. The number of carbonyl (C=O) groups is 1. The van der Waals surface area contributed by atoms with Crippen molar-refractivity contribution in [3.05, 3.63) is 88.9 Å². The van der Waals surface area contributed by atoms with Crippen molar-refractivity contribution in [3.8, 4) is 11.8 Å². The largest absolute Gasteiger partial charge is 0.390 e. The number of carbonyl (C=O) groups excluding carboxylic acids is 1. The van der Waals surface area contributed by atoms with Crippen LogP contribution < -0.4 is 10.6 Å². The Hall–Kier alpha value is -3.53. The van der Waals surface area contributed by atoms with Crippen molar-refractivity contribution in [2.75, 3.05) is 18.0 Å². The Bertz CT molecular complexity index is 1270. The molecule has 0 unspecified atom stereocenters. The van der Waals surface area contributed by atoms with Gasteiger partial charge >= 0.3 is 0 Å². The van der Waals surface area contributed by atoms with Crippen LogP contribution in [0.1, 0.15) is 64.6 Å². The van der Waals surface area contributed by atoms with Crippen LogP contribution in [0.2, 0.25) is 0 Å². The monoisotopic (exact) mass is 466 g/mol. The molecule has 6 heteroatoms. The second-order valence-corrected chi connectivity index (χ2v) is 9.48. The fraction of sp³-hybridized carbons (Fsp3) is 0.345. The zero-order chi connectivity index (χ0) is 24.3. The number of fused-ring (bicyclic) bond motifs is 1. The van der Waals surface area contributed by atoms with Crippen molar-refractivity contribution < 1.29 is 9.90 Å². The highest BCUT2D eigenvalue weighted by Crippen LogP contribution is 2.50. The second kappa shape index (κ2) is 9.99. The molecule has 1 atom stereocenters. The molecule has 1 fully saturated rings. The molecule has 1 aromatic heterocycles. The molecule has 2 aliphatic rings. The Labute approximate surface area is 206 Å². The van der Waals surface area contributed by atoms with Gasteiger partial charge in [-0.1, -0.05) is 60.5 Å². The Balaban J connectivity index is 1.21. The van der Waals surface area contributed by atoms with Crippen LogP contribution >= 0.6 is 0 Å². The van der Waals surface area contributed by atoms with Crippen LogP contribution in [-0.2, 0) is 13.0 Å². The summed E-state index contributed by atoms with van der Waals surface area (Å²) >= 11 is 0. The number of nitrogens with two attached hydrogens (primary N) is 1. The summed E-state index contributed by atoms with van der Waals surface area (Å²) < 4.78 is 0. The first-order valence-corrected chi connectivity index (χ1v) is 12.2. The van der Waals surface area contributed by atoms with E-state index in [9.17, 15) is 9.90 Å². The number of ketones is 1. The number of Topliss-reactive ketones (excluding diaryl/α,β-unsaturated/α-hetero) is 1. The molecule has 3 aromatic rings. The summed E-state index contributed by atoms with van der Waals surface area (Å²) in [6.45, 7) is 1.46. The zero-order valence-electron chi connectivity index (χ0n) is 19.8. The number of aromatic nitrogens is 2. The van der Waals surface area contributed by atoms with Crippen molar-refractivity contribution in [1.82, 2.24) is 9.97 Å². The third-order valence-corrected chi connectivity index (χ3v) is 7.41. The molecular formula is C29H30N4O2. The topological polar surface area (TPSA) is 92.3 Å². The molecule has 178 valence electrons. The maximum atomic E-state index is 12.2. The molecule has 3 N–H and O–H groups in total. The Morgan fingerprint density at radius 2 is 1.86 bits per heavy atom. The summed E-state index contributed by atoms with van der Waals surface area (Å²) in [6.07, 6.45) is 5.44. The van der Waals surface area contributed by atoms with Gasteiger partial charge in [0, 0.05) is 37.5 Å². The van der Waals surface area contributed by atoms with E-state index in [2.05, 4.69) is 51.0 Å². The van der Waals surface area contributed by atoms with Gasteiger partial charge in [-0.3, -0.25) is 4.79 Å². The first-order chi connectivity index (χ1) is 17.1. The molecule has 0 radical (unpaired) electrons. The molecule has 1 aliphatic heterocycles. The van der Waals surface area contributed by atoms with Crippen LogP contribution in [-0.4, -0.2) is 33.9 Å². The predicted octanol–water partition coefficient (Wildman–Crippen LogP) is 3.83. The number of aliphatic hydroxyl groups excluding tert-OH is 1. The molecular weight excluding hydrogens is 436 g/mol. The lowest BCUT2D eigenvalue weighted by atomic mass is 9.73. The summed E-state index contributed by atoms with van der Waals surface area (Å²) in [5.41, 5.74) is 11.2. The first kappa shape index (κ1) is 23.2. The third kappa shape index (κ3) is 4.70. The van der Waals surface area contributed by atoms with E-state index < -0.39 is 0 Å². The van der Waals surface area contributed by atoms with Gasteiger partial charge in [0.1, 0.15) is 11.4 Å². The first-order valence-electron chi connectivity index (χ1n) is 12.2. The number of hydrogen-bond acceptors (Lipinski definition) is 6. The SMILES string of the molecule is N[C@@H]1c2ccccc2CC12CCN(c1ncc(C#CCCC(=O)c3ccccc3)nc1CO)CC2. The lowest BCUT2D eigenvalue weighted by molar-refractivity contribution is 0.0984. The second-order valence-electron chi connectivity index (χ2n) is 9.48. The lowest BCUT2D eigenvalue weighted by Gasteiger charge is -2.42. The molecule has 0 amide bonds. The lowest BCUT2D eigenvalue weighted by Crippen LogP contribution is -2.45. The van der Waals surface area contributed by atoms with Crippen molar-refractivity contribution in [1.29, 1.82) is 0 Å². The minimum atomic E-state index is -0.197. The highest BCUT2D eigenvalue weighted by molar-refractivity contribution is 5.96. The van der Waals surface area contributed by atoms with Crippen LogP contribution in [0, 0.1) is 17.3 Å². The Morgan fingerprint density at radius 1 is 1.11 bits per heavy atom. The molecule has 1 spiro atoms. The molecule has 35 heavy (non-hydrogen) atoms. The smallest absolute Gasteiger partial charge is 0.163 e. The summed E-state index contributed by atoms with van der Waals surface area (Å²) in [7, 11) is 0. The third-order valence-electron chi connectivity index (χ3n) is 7.41. The number of rotatable bonds is 5. The van der Waals surface area contributed by atoms with E-state index in [1.807, 2.05) is 30.3 Å². The fourth-order valence-electron chi connectivity index (χ4n) is 5.42. The molecule has 6 nitrogen and oxygen atoms in total. The highest BCUT2D eigenvalue weighted by atomic mass is 16.3. The number of hydrogen-bond donors (Lipinski definition) is 2. The van der Waals surface area contributed by atoms with E-state index in [-0.39, 0.29) is 23.8 Å². The number of piperidine rings is 1. The predicted molar refractivity (Wildman–Crippen MR) is 136 cm³/mol. The average molecular weight is 467 g/mol. The van der Waals surface area contributed by atoms with Crippen LogP contribution in [0.3, 0.4) is 0 Å². The van der Waals surface area contributed by atoms with E-state index in [0.29, 0.717) is 29.8 Å². The summed E-state index contributed by atoms with van der Waals surface area (Å²) in [5, 5.41) is 9.97. The minimum absolute atomic E-state index is 0.0654. The maximum absolute atomic E-state index is 12.2. The van der Waals surface area contributed by atoms with Gasteiger partial charge < -0.3 is 15.7 Å². The quantitative estimate of drug-likeness (QED) is 0.439. The van der Waals surface area contributed by atoms with Crippen molar-refractivity contribution in [3.63, 3.8) is 0 Å².